The number of nitrogens with zero attached hydrogens (tertiary/aromatic N) is 2. The van der Waals surface area contributed by atoms with Crippen LogP contribution in [0.2, 0.25) is 0 Å². The van der Waals surface area contributed by atoms with Crippen LogP contribution in [0.5, 0.6) is 11.5 Å². The van der Waals surface area contributed by atoms with Gasteiger partial charge in [-0.1, -0.05) is 12.1 Å². The molecule has 0 radical (unpaired) electrons. The minimum absolute atomic E-state index is 0.0648. The largest absolute Gasteiger partial charge is 0.486 e. The number of ether oxygens (including phenoxy) is 2. The SMILES string of the molecule is CCN(C[C@@H]1COc2ccccc2O1)C(=O)C1CCN(S(=O)(=O)c2ccc(F)cc2F)CC1. The van der Waals surface area contributed by atoms with Crippen molar-refractivity contribution in [2.24, 2.45) is 5.92 Å². The van der Waals surface area contributed by atoms with Gasteiger partial charge >= 0.3 is 0 Å². The highest BCUT2D eigenvalue weighted by Gasteiger charge is 2.35. The summed E-state index contributed by atoms with van der Waals surface area (Å²) in [6.07, 6.45) is 0.343. The Labute approximate surface area is 191 Å². The molecule has 0 N–H and O–H groups in total. The molecule has 2 aliphatic rings. The molecule has 1 atom stereocenters. The van der Waals surface area contributed by atoms with Gasteiger partial charge in [-0.15, -0.1) is 0 Å². The lowest BCUT2D eigenvalue weighted by molar-refractivity contribution is -0.138. The maximum Gasteiger partial charge on any atom is 0.245 e. The summed E-state index contributed by atoms with van der Waals surface area (Å²) in [4.78, 5) is 14.3. The van der Waals surface area contributed by atoms with Crippen molar-refractivity contribution < 1.29 is 31.5 Å². The average Bonchev–Trinajstić information content (AvgIpc) is 2.82. The second kappa shape index (κ2) is 9.64. The van der Waals surface area contributed by atoms with Crippen LogP contribution in [0, 0.1) is 17.6 Å². The predicted octanol–water partition coefficient (Wildman–Crippen LogP) is 3.05. The number of para-hydroxylation sites is 2. The van der Waals surface area contributed by atoms with Crippen molar-refractivity contribution in [3.8, 4) is 11.5 Å². The highest BCUT2D eigenvalue weighted by molar-refractivity contribution is 7.89. The first-order chi connectivity index (χ1) is 15.8. The number of sulfonamides is 1. The Hall–Kier alpha value is -2.72. The lowest BCUT2D eigenvalue weighted by Crippen LogP contribution is -2.48. The van der Waals surface area contributed by atoms with E-state index in [0.717, 1.165) is 16.4 Å². The molecule has 0 unspecified atom stereocenters. The van der Waals surface area contributed by atoms with Gasteiger partial charge in [-0.05, 0) is 44.0 Å². The second-order valence-corrected chi connectivity index (χ2v) is 10.0. The van der Waals surface area contributed by atoms with Gasteiger partial charge in [-0.25, -0.2) is 17.2 Å². The molecule has 2 aromatic carbocycles. The molecular formula is C23H26F2N2O5S. The van der Waals surface area contributed by atoms with E-state index in [0.29, 0.717) is 50.1 Å². The Morgan fingerprint density at radius 2 is 1.82 bits per heavy atom. The molecule has 178 valence electrons. The maximum absolute atomic E-state index is 14.0. The molecule has 0 saturated carbocycles. The Morgan fingerprint density at radius 1 is 1.12 bits per heavy atom. The van der Waals surface area contributed by atoms with E-state index in [1.54, 1.807) is 4.90 Å². The number of hydrogen-bond donors (Lipinski definition) is 0. The highest BCUT2D eigenvalue weighted by Crippen LogP contribution is 2.31. The van der Waals surface area contributed by atoms with E-state index in [4.69, 9.17) is 9.47 Å². The zero-order valence-corrected chi connectivity index (χ0v) is 19.1. The Bertz CT molecular complexity index is 1120. The molecule has 1 saturated heterocycles. The van der Waals surface area contributed by atoms with Crippen LogP contribution in [0.1, 0.15) is 19.8 Å². The first-order valence-electron chi connectivity index (χ1n) is 10.9. The quantitative estimate of drug-likeness (QED) is 0.635. The molecule has 2 heterocycles. The van der Waals surface area contributed by atoms with Crippen LogP contribution in [0.15, 0.2) is 47.4 Å². The minimum atomic E-state index is -4.11. The number of hydrogen-bond acceptors (Lipinski definition) is 5. The fourth-order valence-corrected chi connectivity index (χ4v) is 5.71. The number of likely N-dealkylation sites (N-methyl/N-ethyl adjacent to an activating group) is 1. The number of halogens is 2. The van der Waals surface area contributed by atoms with Crippen molar-refractivity contribution in [3.05, 3.63) is 54.1 Å². The van der Waals surface area contributed by atoms with E-state index in [1.165, 1.54) is 0 Å². The molecule has 2 aromatic rings. The predicted molar refractivity (Wildman–Crippen MR) is 116 cm³/mol. The van der Waals surface area contributed by atoms with Crippen molar-refractivity contribution in [1.29, 1.82) is 0 Å². The van der Waals surface area contributed by atoms with Gasteiger partial charge in [0, 0.05) is 31.6 Å². The lowest BCUT2D eigenvalue weighted by atomic mass is 9.96. The van der Waals surface area contributed by atoms with E-state index >= 15 is 0 Å². The minimum Gasteiger partial charge on any atom is -0.486 e. The van der Waals surface area contributed by atoms with Crippen molar-refractivity contribution in [2.45, 2.75) is 30.8 Å². The fourth-order valence-electron chi connectivity index (χ4n) is 4.20. The summed E-state index contributed by atoms with van der Waals surface area (Å²) in [7, 11) is -4.11. The summed E-state index contributed by atoms with van der Waals surface area (Å²) in [6, 6.07) is 9.76. The molecule has 1 fully saturated rings. The number of carbonyl (C=O) groups is 1. The summed E-state index contributed by atoms with van der Waals surface area (Å²) < 4.78 is 65.6. The molecule has 7 nitrogen and oxygen atoms in total. The third-order valence-corrected chi connectivity index (χ3v) is 7.93. The van der Waals surface area contributed by atoms with Gasteiger partial charge in [-0.3, -0.25) is 4.79 Å². The van der Waals surface area contributed by atoms with Crippen LogP contribution >= 0.6 is 0 Å². The zero-order valence-electron chi connectivity index (χ0n) is 18.2. The van der Waals surface area contributed by atoms with Crippen LogP contribution in [-0.4, -0.2) is 62.4 Å². The maximum atomic E-state index is 14.0. The molecule has 2 aliphatic heterocycles. The molecule has 33 heavy (non-hydrogen) atoms. The van der Waals surface area contributed by atoms with Crippen LogP contribution in [0.25, 0.3) is 0 Å². The van der Waals surface area contributed by atoms with Gasteiger partial charge in [-0.2, -0.15) is 4.31 Å². The summed E-state index contributed by atoms with van der Waals surface area (Å²) in [5, 5.41) is 0. The van der Waals surface area contributed by atoms with Gasteiger partial charge in [0.15, 0.2) is 17.6 Å². The van der Waals surface area contributed by atoms with E-state index in [9.17, 15) is 22.0 Å². The van der Waals surface area contributed by atoms with Crippen molar-refractivity contribution in [3.63, 3.8) is 0 Å². The number of benzene rings is 2. The zero-order chi connectivity index (χ0) is 23.6. The smallest absolute Gasteiger partial charge is 0.245 e. The van der Waals surface area contributed by atoms with E-state index < -0.39 is 26.6 Å². The Balaban J connectivity index is 1.36. The van der Waals surface area contributed by atoms with Gasteiger partial charge in [0.1, 0.15) is 23.1 Å². The van der Waals surface area contributed by atoms with Gasteiger partial charge < -0.3 is 14.4 Å². The molecule has 0 spiro atoms. The van der Waals surface area contributed by atoms with Crippen LogP contribution < -0.4 is 9.47 Å². The number of fused-ring (bicyclic) bond motifs is 1. The topological polar surface area (TPSA) is 76.2 Å². The standard InChI is InChI=1S/C23H26F2N2O5S/c1-2-26(14-18-15-31-20-5-3-4-6-21(20)32-18)23(28)16-9-11-27(12-10-16)33(29,30)22-8-7-17(24)13-19(22)25/h3-8,13,16,18H,2,9-12,14-15H2,1H3/t18-/m1/s1. The number of piperidine rings is 1. The Kier molecular flexibility index (Phi) is 6.85. The summed E-state index contributed by atoms with van der Waals surface area (Å²) >= 11 is 0. The van der Waals surface area contributed by atoms with E-state index in [2.05, 4.69) is 0 Å². The molecule has 1 amide bonds. The summed E-state index contributed by atoms with van der Waals surface area (Å²) in [5.41, 5.74) is 0. The molecule has 0 bridgehead atoms. The van der Waals surface area contributed by atoms with Crippen LogP contribution in [0.3, 0.4) is 0 Å². The molecule has 4 rings (SSSR count). The second-order valence-electron chi connectivity index (χ2n) is 8.13. The van der Waals surface area contributed by atoms with E-state index in [-0.39, 0.29) is 31.0 Å². The normalized spacial score (nSPS) is 19.3. The van der Waals surface area contributed by atoms with E-state index in [1.807, 2.05) is 31.2 Å². The van der Waals surface area contributed by atoms with Gasteiger partial charge in [0.25, 0.3) is 0 Å². The average molecular weight is 481 g/mol. The van der Waals surface area contributed by atoms with Gasteiger partial charge in [0.05, 0.1) is 6.54 Å². The van der Waals surface area contributed by atoms with Crippen molar-refractivity contribution in [1.82, 2.24) is 9.21 Å². The fraction of sp³-hybridized carbons (Fsp3) is 0.435. The summed E-state index contributed by atoms with van der Waals surface area (Å²) in [6.45, 7) is 3.24. The summed E-state index contributed by atoms with van der Waals surface area (Å²) in [5.74, 6) is -1.05. The van der Waals surface area contributed by atoms with Crippen LogP contribution in [0.4, 0.5) is 8.78 Å². The third-order valence-electron chi connectivity index (χ3n) is 6.00. The van der Waals surface area contributed by atoms with Crippen molar-refractivity contribution >= 4 is 15.9 Å². The molecule has 0 aromatic heterocycles. The highest BCUT2D eigenvalue weighted by atomic mass is 32.2. The van der Waals surface area contributed by atoms with Crippen LogP contribution in [-0.2, 0) is 14.8 Å². The first-order valence-corrected chi connectivity index (χ1v) is 12.4. The number of carbonyl (C=O) groups excluding carboxylic acids is 1. The third kappa shape index (κ3) is 4.96. The molecular weight excluding hydrogens is 454 g/mol. The Morgan fingerprint density at radius 3 is 2.48 bits per heavy atom. The van der Waals surface area contributed by atoms with Gasteiger partial charge in [0.2, 0.25) is 15.9 Å². The first kappa shape index (κ1) is 23.4. The molecule has 10 heteroatoms. The lowest BCUT2D eigenvalue weighted by Gasteiger charge is -2.35. The molecule has 0 aliphatic carbocycles. The monoisotopic (exact) mass is 480 g/mol. The number of amides is 1. The number of rotatable bonds is 6. The van der Waals surface area contributed by atoms with Crippen molar-refractivity contribution in [2.75, 3.05) is 32.8 Å².